The van der Waals surface area contributed by atoms with Gasteiger partial charge in [0, 0.05) is 33.3 Å². The van der Waals surface area contributed by atoms with Crippen LogP contribution in [0, 0.1) is 0 Å². The summed E-state index contributed by atoms with van der Waals surface area (Å²) in [5.41, 5.74) is 1.26. The Morgan fingerprint density at radius 3 is 2.75 bits per heavy atom. The van der Waals surface area contributed by atoms with Gasteiger partial charge in [0.05, 0.1) is 0 Å². The molecule has 16 heavy (non-hydrogen) atoms. The van der Waals surface area contributed by atoms with Crippen LogP contribution in [-0.4, -0.2) is 22.3 Å². The van der Waals surface area contributed by atoms with Crippen LogP contribution >= 0.6 is 15.9 Å². The van der Waals surface area contributed by atoms with Crippen molar-refractivity contribution in [2.75, 3.05) is 12.8 Å². The van der Waals surface area contributed by atoms with Gasteiger partial charge in [-0.25, -0.2) is 0 Å². The number of rotatable bonds is 6. The molecule has 1 aromatic carbocycles. The van der Waals surface area contributed by atoms with Crippen molar-refractivity contribution in [3.63, 3.8) is 0 Å². The smallest absolute Gasteiger partial charge is 0.0329 e. The zero-order chi connectivity index (χ0) is 12.0. The van der Waals surface area contributed by atoms with Gasteiger partial charge in [-0.3, -0.25) is 4.21 Å². The third kappa shape index (κ3) is 4.76. The van der Waals surface area contributed by atoms with Crippen molar-refractivity contribution in [1.82, 2.24) is 5.32 Å². The maximum absolute atomic E-state index is 11.1. The highest BCUT2D eigenvalue weighted by Gasteiger charge is 2.05. The Labute approximate surface area is 108 Å². The third-order valence-corrected chi connectivity index (χ3v) is 4.71. The molecule has 0 amide bonds. The van der Waals surface area contributed by atoms with Gasteiger partial charge in [-0.15, -0.1) is 0 Å². The Kier molecular flexibility index (Phi) is 6.24. The van der Waals surface area contributed by atoms with Crippen LogP contribution in [0.5, 0.6) is 0 Å². The fraction of sp³-hybridized carbons (Fsp3) is 0.500. The fourth-order valence-electron chi connectivity index (χ4n) is 1.34. The van der Waals surface area contributed by atoms with Crippen LogP contribution in [0.1, 0.15) is 18.9 Å². The summed E-state index contributed by atoms with van der Waals surface area (Å²) in [5.74, 6) is 0. The molecule has 0 fully saturated rings. The van der Waals surface area contributed by atoms with E-state index in [4.69, 9.17) is 0 Å². The maximum Gasteiger partial charge on any atom is 0.0329 e. The van der Waals surface area contributed by atoms with E-state index < -0.39 is 10.8 Å². The first-order valence-electron chi connectivity index (χ1n) is 5.37. The van der Waals surface area contributed by atoms with E-state index >= 15 is 0 Å². The minimum atomic E-state index is -0.712. The van der Waals surface area contributed by atoms with Crippen molar-refractivity contribution in [2.45, 2.75) is 25.1 Å². The predicted octanol–water partition coefficient (Wildman–Crippen LogP) is 2.70. The summed E-state index contributed by atoms with van der Waals surface area (Å²) >= 11 is 3.51. The van der Waals surface area contributed by atoms with Gasteiger partial charge >= 0.3 is 0 Å². The Balaban J connectivity index is 2.26. The van der Waals surface area contributed by atoms with E-state index in [2.05, 4.69) is 27.3 Å². The van der Waals surface area contributed by atoms with Crippen LogP contribution in [0.3, 0.4) is 0 Å². The highest BCUT2D eigenvalue weighted by molar-refractivity contribution is 9.10. The van der Waals surface area contributed by atoms with Gasteiger partial charge in [0.25, 0.3) is 0 Å². The molecule has 0 saturated heterocycles. The van der Waals surface area contributed by atoms with Crippen LogP contribution < -0.4 is 5.32 Å². The molecule has 2 nitrogen and oxygen atoms in total. The average molecular weight is 304 g/mol. The SMILES string of the molecule is CC(CCNCc1ccccc1Br)S(C)=O. The Morgan fingerprint density at radius 1 is 1.44 bits per heavy atom. The summed E-state index contributed by atoms with van der Waals surface area (Å²) in [6.45, 7) is 3.78. The molecule has 1 aromatic rings. The van der Waals surface area contributed by atoms with Crippen molar-refractivity contribution in [2.24, 2.45) is 0 Å². The highest BCUT2D eigenvalue weighted by Crippen LogP contribution is 2.15. The number of hydrogen-bond acceptors (Lipinski definition) is 2. The van der Waals surface area contributed by atoms with E-state index in [0.717, 1.165) is 24.0 Å². The minimum absolute atomic E-state index is 0.270. The zero-order valence-electron chi connectivity index (χ0n) is 9.70. The lowest BCUT2D eigenvalue weighted by Gasteiger charge is -2.10. The van der Waals surface area contributed by atoms with Gasteiger partial charge < -0.3 is 5.32 Å². The molecule has 4 heteroatoms. The first kappa shape index (κ1) is 13.9. The van der Waals surface area contributed by atoms with Gasteiger partial charge in [0.15, 0.2) is 0 Å². The first-order chi connectivity index (χ1) is 7.61. The number of hydrogen-bond donors (Lipinski definition) is 1. The molecular weight excluding hydrogens is 286 g/mol. The molecule has 0 radical (unpaired) electrons. The standard InChI is InChI=1S/C12H18BrNOS/c1-10(16(2)15)7-8-14-9-11-5-3-4-6-12(11)13/h3-6,10,14H,7-9H2,1-2H3. The van der Waals surface area contributed by atoms with E-state index in [1.165, 1.54) is 5.56 Å². The Hall–Kier alpha value is -0.190. The first-order valence-corrected chi connectivity index (χ1v) is 7.79. The van der Waals surface area contributed by atoms with Gasteiger partial charge in [0.1, 0.15) is 0 Å². The van der Waals surface area contributed by atoms with Crippen LogP contribution in [0.25, 0.3) is 0 Å². The number of nitrogens with one attached hydrogen (secondary N) is 1. The van der Waals surface area contributed by atoms with E-state index in [0.29, 0.717) is 0 Å². The van der Waals surface area contributed by atoms with Crippen molar-refractivity contribution in [3.8, 4) is 0 Å². The van der Waals surface area contributed by atoms with Crippen molar-refractivity contribution in [3.05, 3.63) is 34.3 Å². The molecule has 1 rings (SSSR count). The van der Waals surface area contributed by atoms with Gasteiger partial charge in [-0.1, -0.05) is 41.1 Å². The van der Waals surface area contributed by atoms with Gasteiger partial charge in [-0.2, -0.15) is 0 Å². The quantitative estimate of drug-likeness (QED) is 0.819. The zero-order valence-corrected chi connectivity index (χ0v) is 12.1. The summed E-state index contributed by atoms with van der Waals surface area (Å²) < 4.78 is 12.3. The Bertz CT molecular complexity index is 357. The number of halogens is 1. The summed E-state index contributed by atoms with van der Waals surface area (Å²) in [6.07, 6.45) is 2.71. The molecule has 0 bridgehead atoms. The topological polar surface area (TPSA) is 29.1 Å². The Morgan fingerprint density at radius 2 is 2.12 bits per heavy atom. The molecule has 90 valence electrons. The second kappa shape index (κ2) is 7.20. The lowest BCUT2D eigenvalue weighted by molar-refractivity contribution is 0.628. The second-order valence-electron chi connectivity index (χ2n) is 3.87. The van der Waals surface area contributed by atoms with E-state index in [-0.39, 0.29) is 5.25 Å². The molecule has 0 aromatic heterocycles. The lowest BCUT2D eigenvalue weighted by Crippen LogP contribution is -2.21. The number of benzene rings is 1. The van der Waals surface area contributed by atoms with Crippen molar-refractivity contribution < 1.29 is 4.21 Å². The van der Waals surface area contributed by atoms with Crippen molar-refractivity contribution >= 4 is 26.7 Å². The molecule has 1 N–H and O–H groups in total. The van der Waals surface area contributed by atoms with Gasteiger partial charge in [-0.05, 0) is 24.6 Å². The highest BCUT2D eigenvalue weighted by atomic mass is 79.9. The average Bonchev–Trinajstić information content (AvgIpc) is 2.26. The summed E-state index contributed by atoms with van der Waals surface area (Å²) in [4.78, 5) is 0. The second-order valence-corrected chi connectivity index (χ2v) is 6.52. The molecule has 0 aliphatic rings. The van der Waals surface area contributed by atoms with Crippen LogP contribution in [0.2, 0.25) is 0 Å². The molecule has 0 aliphatic heterocycles. The van der Waals surface area contributed by atoms with Crippen LogP contribution in [-0.2, 0) is 17.3 Å². The monoisotopic (exact) mass is 303 g/mol. The normalized spacial score (nSPS) is 14.7. The maximum atomic E-state index is 11.1. The van der Waals surface area contributed by atoms with Crippen molar-refractivity contribution in [1.29, 1.82) is 0 Å². The summed E-state index contributed by atoms with van der Waals surface area (Å²) in [6, 6.07) is 8.18. The third-order valence-electron chi connectivity index (χ3n) is 2.57. The molecule has 0 saturated carbocycles. The minimum Gasteiger partial charge on any atom is -0.313 e. The van der Waals surface area contributed by atoms with Gasteiger partial charge in [0.2, 0.25) is 0 Å². The molecule has 2 unspecified atom stereocenters. The largest absolute Gasteiger partial charge is 0.313 e. The predicted molar refractivity (Wildman–Crippen MR) is 74.0 cm³/mol. The van der Waals surface area contributed by atoms with E-state index in [1.807, 2.05) is 25.1 Å². The molecular formula is C12H18BrNOS. The molecule has 2 atom stereocenters. The summed E-state index contributed by atoms with van der Waals surface area (Å²) in [7, 11) is -0.712. The molecule has 0 heterocycles. The van der Waals surface area contributed by atoms with E-state index in [1.54, 1.807) is 6.26 Å². The molecule has 0 aliphatic carbocycles. The van der Waals surface area contributed by atoms with Crippen LogP contribution in [0.4, 0.5) is 0 Å². The van der Waals surface area contributed by atoms with E-state index in [9.17, 15) is 4.21 Å². The lowest BCUT2D eigenvalue weighted by atomic mass is 10.2. The summed E-state index contributed by atoms with van der Waals surface area (Å²) in [5, 5.41) is 3.63. The van der Waals surface area contributed by atoms with Crippen LogP contribution in [0.15, 0.2) is 28.7 Å². The molecule has 0 spiro atoms. The fourth-order valence-corrected chi connectivity index (χ4v) is 2.21.